The predicted molar refractivity (Wildman–Crippen MR) is 30.0 cm³/mol. The molecule has 7 heavy (non-hydrogen) atoms. The number of hydrogen-bond donors (Lipinski definition) is 0. The molecule has 0 saturated carbocycles. The summed E-state index contributed by atoms with van der Waals surface area (Å²) in [5, 5.41) is 8.22. The molecule has 0 saturated heterocycles. The van der Waals surface area contributed by atoms with Crippen LogP contribution in [0.15, 0.2) is 0 Å². The molecule has 1 unspecified atom stereocenters. The van der Waals surface area contributed by atoms with Gasteiger partial charge in [-0.15, -0.1) is 0 Å². The van der Waals surface area contributed by atoms with Gasteiger partial charge in [-0.2, -0.15) is 0 Å². The molecule has 0 aliphatic rings. The SMILES string of the molecule is [Li][CH](C#N)CCC. The van der Waals surface area contributed by atoms with Gasteiger partial charge in [0.1, 0.15) is 0 Å². The molecule has 0 rings (SSSR count). The van der Waals surface area contributed by atoms with E-state index >= 15 is 0 Å². The van der Waals surface area contributed by atoms with Crippen molar-refractivity contribution in [1.29, 1.82) is 5.26 Å². The average Bonchev–Trinajstić information content (AvgIpc) is 1.68. The van der Waals surface area contributed by atoms with Gasteiger partial charge >= 0.3 is 53.4 Å². The summed E-state index contributed by atoms with van der Waals surface area (Å²) in [5.74, 6) is 0. The number of nitriles is 1. The van der Waals surface area contributed by atoms with Gasteiger partial charge in [0.2, 0.25) is 0 Å². The Morgan fingerprint density at radius 1 is 1.86 bits per heavy atom. The molecule has 34 valence electrons. The first-order valence-corrected chi connectivity index (χ1v) is 2.70. The van der Waals surface area contributed by atoms with Crippen LogP contribution in [-0.2, 0) is 0 Å². The molecule has 0 bridgehead atoms. The molecule has 0 amide bonds. The van der Waals surface area contributed by atoms with Gasteiger partial charge < -0.3 is 0 Å². The van der Waals surface area contributed by atoms with Gasteiger partial charge in [-0.1, -0.05) is 0 Å². The van der Waals surface area contributed by atoms with Crippen LogP contribution in [0.2, 0.25) is 4.59 Å². The summed E-state index contributed by atoms with van der Waals surface area (Å²) >= 11 is 1.95. The first-order valence-electron chi connectivity index (χ1n) is 2.70. The van der Waals surface area contributed by atoms with Gasteiger partial charge in [0.15, 0.2) is 0 Å². The van der Waals surface area contributed by atoms with E-state index in [9.17, 15) is 0 Å². The zero-order valence-electron chi connectivity index (χ0n) is 4.94. The van der Waals surface area contributed by atoms with E-state index in [1.54, 1.807) is 0 Å². The second-order valence-electron chi connectivity index (χ2n) is 1.82. The van der Waals surface area contributed by atoms with Crippen LogP contribution in [0.3, 0.4) is 0 Å². The summed E-state index contributed by atoms with van der Waals surface area (Å²) in [5.41, 5.74) is 0. The van der Waals surface area contributed by atoms with Gasteiger partial charge in [-0.3, -0.25) is 0 Å². The quantitative estimate of drug-likeness (QED) is 0.467. The fraction of sp³-hybridized carbons (Fsp3) is 0.800. The summed E-state index contributed by atoms with van der Waals surface area (Å²) in [6.45, 7) is 2.09. The van der Waals surface area contributed by atoms with Crippen molar-refractivity contribution in [3.63, 3.8) is 0 Å². The molecule has 0 aromatic rings. The normalized spacial score (nSPS) is 12.9. The van der Waals surface area contributed by atoms with Crippen LogP contribution < -0.4 is 0 Å². The Labute approximate surface area is 53.9 Å². The molecular formula is C5H8LiN. The molecule has 0 aliphatic carbocycles. The molecule has 2 heteroatoms. The van der Waals surface area contributed by atoms with Crippen LogP contribution in [0.5, 0.6) is 0 Å². The summed E-state index contributed by atoms with van der Waals surface area (Å²) < 4.78 is 0.255. The third kappa shape index (κ3) is 3.93. The molecular weight excluding hydrogens is 81.0 g/mol. The maximum atomic E-state index is 8.22. The molecule has 0 heterocycles. The summed E-state index contributed by atoms with van der Waals surface area (Å²) in [4.78, 5) is 0. The van der Waals surface area contributed by atoms with Crippen LogP contribution >= 0.6 is 0 Å². The summed E-state index contributed by atoms with van der Waals surface area (Å²) in [7, 11) is 0. The van der Waals surface area contributed by atoms with Crippen molar-refractivity contribution in [2.24, 2.45) is 0 Å². The Bertz CT molecular complexity index is 74.6. The fourth-order valence-corrected chi connectivity index (χ4v) is 0.498. The number of hydrogen-bond acceptors (Lipinski definition) is 1. The Kier molecular flexibility index (Phi) is 4.30. The minimum atomic E-state index is 0.255. The van der Waals surface area contributed by atoms with E-state index in [1.807, 2.05) is 17.7 Å². The van der Waals surface area contributed by atoms with Crippen LogP contribution in [0, 0.1) is 11.3 Å². The maximum absolute atomic E-state index is 8.22. The Hall–Kier alpha value is 0.0874. The van der Waals surface area contributed by atoms with E-state index in [0.717, 1.165) is 12.8 Å². The summed E-state index contributed by atoms with van der Waals surface area (Å²) in [6, 6.07) is 2.17. The van der Waals surface area contributed by atoms with Crippen LogP contribution in [0.25, 0.3) is 0 Å². The van der Waals surface area contributed by atoms with E-state index in [4.69, 9.17) is 5.26 Å². The van der Waals surface area contributed by atoms with E-state index < -0.39 is 0 Å². The first-order chi connectivity index (χ1) is 3.31. The van der Waals surface area contributed by atoms with Crippen molar-refractivity contribution >= 4 is 17.7 Å². The third-order valence-corrected chi connectivity index (χ3v) is 0.942. The number of nitrogens with zero attached hydrogens (tertiary/aromatic N) is 1. The molecule has 1 nitrogen and oxygen atoms in total. The molecule has 0 spiro atoms. The van der Waals surface area contributed by atoms with Crippen molar-refractivity contribution in [1.82, 2.24) is 0 Å². The second-order valence-corrected chi connectivity index (χ2v) is 1.82. The molecule has 0 radical (unpaired) electrons. The van der Waals surface area contributed by atoms with Crippen molar-refractivity contribution in [3.8, 4) is 6.07 Å². The average molecular weight is 89.1 g/mol. The Balaban J connectivity index is 3.04. The van der Waals surface area contributed by atoms with Gasteiger partial charge in [-0.05, 0) is 0 Å². The summed E-state index contributed by atoms with van der Waals surface area (Å²) in [6.07, 6.45) is 2.16. The van der Waals surface area contributed by atoms with E-state index in [2.05, 4.69) is 13.0 Å². The Morgan fingerprint density at radius 3 is 2.57 bits per heavy atom. The van der Waals surface area contributed by atoms with Crippen LogP contribution in [-0.4, -0.2) is 17.7 Å². The minimum absolute atomic E-state index is 0.255. The topological polar surface area (TPSA) is 23.8 Å². The molecule has 1 atom stereocenters. The fourth-order valence-electron chi connectivity index (χ4n) is 0.498. The monoisotopic (exact) mass is 89.1 g/mol. The van der Waals surface area contributed by atoms with Gasteiger partial charge in [0.05, 0.1) is 0 Å². The van der Waals surface area contributed by atoms with Crippen molar-refractivity contribution in [2.45, 2.75) is 24.4 Å². The standard InChI is InChI=1S/C5H8N.Li/c1-2-3-4-5-6;/h4H,2-3H2,1H3;. The Morgan fingerprint density at radius 2 is 2.43 bits per heavy atom. The van der Waals surface area contributed by atoms with Crippen molar-refractivity contribution in [3.05, 3.63) is 0 Å². The third-order valence-electron chi connectivity index (χ3n) is 0.942. The van der Waals surface area contributed by atoms with Gasteiger partial charge in [-0.25, -0.2) is 0 Å². The molecule has 0 aliphatic heterocycles. The van der Waals surface area contributed by atoms with Gasteiger partial charge in [0.25, 0.3) is 0 Å². The zero-order chi connectivity index (χ0) is 5.70. The second kappa shape index (κ2) is 4.25. The van der Waals surface area contributed by atoms with Crippen molar-refractivity contribution in [2.75, 3.05) is 0 Å². The molecule has 0 N–H and O–H groups in total. The molecule has 0 fully saturated rings. The molecule has 0 aromatic heterocycles. The predicted octanol–water partition coefficient (Wildman–Crippen LogP) is 1.27. The number of rotatable bonds is 2. The first kappa shape index (κ1) is 7.09. The van der Waals surface area contributed by atoms with E-state index in [-0.39, 0.29) is 4.59 Å². The molecule has 0 aromatic carbocycles. The van der Waals surface area contributed by atoms with E-state index in [1.165, 1.54) is 0 Å². The van der Waals surface area contributed by atoms with Gasteiger partial charge in [0, 0.05) is 0 Å². The van der Waals surface area contributed by atoms with Crippen molar-refractivity contribution < 1.29 is 0 Å². The van der Waals surface area contributed by atoms with E-state index in [0.29, 0.717) is 0 Å². The van der Waals surface area contributed by atoms with Crippen LogP contribution in [0.4, 0.5) is 0 Å². The zero-order valence-corrected chi connectivity index (χ0v) is 4.94. The van der Waals surface area contributed by atoms with Crippen LogP contribution in [0.1, 0.15) is 19.8 Å².